The van der Waals surface area contributed by atoms with Crippen LogP contribution in [0.1, 0.15) is 15.2 Å². The Morgan fingerprint density at radius 1 is 1.09 bits per heavy atom. The average Bonchev–Trinajstić information content (AvgIpc) is 3.06. The van der Waals surface area contributed by atoms with E-state index in [1.54, 1.807) is 48.9 Å². The first-order valence-corrected chi connectivity index (χ1v) is 7.63. The van der Waals surface area contributed by atoms with Crippen molar-refractivity contribution in [3.05, 3.63) is 77.2 Å². The molecule has 0 saturated heterocycles. The van der Waals surface area contributed by atoms with Gasteiger partial charge in [0.05, 0.1) is 11.1 Å². The van der Waals surface area contributed by atoms with Crippen LogP contribution in [0.4, 0.5) is 4.39 Å². The number of nitrogens with one attached hydrogen (secondary N) is 1. The molecular weight excluding hydrogens is 313 g/mol. The molecule has 2 heterocycles. The number of thiophene rings is 1. The molecule has 0 spiro atoms. The van der Waals surface area contributed by atoms with Crippen molar-refractivity contribution in [2.75, 3.05) is 0 Å². The molecule has 2 aromatic heterocycles. The van der Waals surface area contributed by atoms with Gasteiger partial charge in [-0.05, 0) is 47.5 Å². The quantitative estimate of drug-likeness (QED) is 0.587. The molecule has 1 N–H and O–H groups in total. The van der Waals surface area contributed by atoms with Crippen LogP contribution in [0.25, 0.3) is 10.4 Å². The van der Waals surface area contributed by atoms with E-state index in [-0.39, 0.29) is 11.7 Å². The van der Waals surface area contributed by atoms with Crippen LogP contribution in [0.2, 0.25) is 0 Å². The van der Waals surface area contributed by atoms with E-state index in [4.69, 9.17) is 0 Å². The Labute approximate surface area is 136 Å². The summed E-state index contributed by atoms with van der Waals surface area (Å²) in [6.07, 6.45) is 4.85. The van der Waals surface area contributed by atoms with Crippen LogP contribution in [0, 0.1) is 5.82 Å². The summed E-state index contributed by atoms with van der Waals surface area (Å²) in [5.41, 5.74) is 4.20. The van der Waals surface area contributed by atoms with E-state index in [9.17, 15) is 9.18 Å². The molecule has 114 valence electrons. The fourth-order valence-corrected chi connectivity index (χ4v) is 2.80. The molecule has 23 heavy (non-hydrogen) atoms. The van der Waals surface area contributed by atoms with E-state index >= 15 is 0 Å². The average molecular weight is 325 g/mol. The minimum absolute atomic E-state index is 0.284. The molecule has 3 aromatic rings. The minimum atomic E-state index is -0.284. The molecule has 4 nitrogen and oxygen atoms in total. The summed E-state index contributed by atoms with van der Waals surface area (Å²) in [4.78, 5) is 17.4. The Morgan fingerprint density at radius 2 is 1.83 bits per heavy atom. The van der Waals surface area contributed by atoms with Crippen LogP contribution in [0.5, 0.6) is 0 Å². The van der Waals surface area contributed by atoms with Crippen molar-refractivity contribution in [1.82, 2.24) is 10.4 Å². The SMILES string of the molecule is O=C(N/N=C\c1ccncc1)c1ccc(-c2ccc(F)cc2)s1. The number of aromatic nitrogens is 1. The molecule has 0 aliphatic heterocycles. The highest BCUT2D eigenvalue weighted by Gasteiger charge is 2.09. The second kappa shape index (κ2) is 6.93. The summed E-state index contributed by atoms with van der Waals surface area (Å²) < 4.78 is 12.9. The highest BCUT2D eigenvalue weighted by molar-refractivity contribution is 7.17. The molecule has 0 aliphatic carbocycles. The van der Waals surface area contributed by atoms with Crippen LogP contribution in [-0.2, 0) is 0 Å². The van der Waals surface area contributed by atoms with Gasteiger partial charge in [-0.1, -0.05) is 12.1 Å². The second-order valence-corrected chi connectivity index (χ2v) is 5.73. The van der Waals surface area contributed by atoms with Crippen LogP contribution < -0.4 is 5.43 Å². The number of amides is 1. The number of nitrogens with zero attached hydrogens (tertiary/aromatic N) is 2. The third-order valence-electron chi connectivity index (χ3n) is 3.04. The summed E-state index contributed by atoms with van der Waals surface area (Å²) in [6, 6.07) is 13.3. The molecule has 1 amide bonds. The van der Waals surface area contributed by atoms with Gasteiger partial charge >= 0.3 is 0 Å². The number of pyridine rings is 1. The van der Waals surface area contributed by atoms with Crippen LogP contribution >= 0.6 is 11.3 Å². The van der Waals surface area contributed by atoms with Gasteiger partial charge in [-0.25, -0.2) is 9.82 Å². The minimum Gasteiger partial charge on any atom is -0.266 e. The number of benzene rings is 1. The Hall–Kier alpha value is -2.86. The van der Waals surface area contributed by atoms with Crippen LogP contribution in [0.3, 0.4) is 0 Å². The fraction of sp³-hybridized carbons (Fsp3) is 0. The van der Waals surface area contributed by atoms with E-state index in [0.717, 1.165) is 16.0 Å². The largest absolute Gasteiger partial charge is 0.281 e. The third kappa shape index (κ3) is 3.87. The molecule has 1 aromatic carbocycles. The van der Waals surface area contributed by atoms with Gasteiger partial charge < -0.3 is 0 Å². The summed E-state index contributed by atoms with van der Waals surface area (Å²) >= 11 is 1.33. The molecule has 3 rings (SSSR count). The number of carbonyl (C=O) groups is 1. The lowest BCUT2D eigenvalue weighted by atomic mass is 10.2. The number of hydrazone groups is 1. The summed E-state index contributed by atoms with van der Waals surface area (Å²) in [5, 5.41) is 3.92. The molecule has 0 atom stereocenters. The number of halogens is 1. The lowest BCUT2D eigenvalue weighted by molar-refractivity contribution is 0.0959. The summed E-state index contributed by atoms with van der Waals surface area (Å²) in [5.74, 6) is -0.567. The van der Waals surface area contributed by atoms with Crippen molar-refractivity contribution < 1.29 is 9.18 Å². The normalized spacial score (nSPS) is 10.8. The molecule has 0 aliphatic rings. The molecule has 0 fully saturated rings. The highest BCUT2D eigenvalue weighted by atomic mass is 32.1. The summed E-state index contributed by atoms with van der Waals surface area (Å²) in [7, 11) is 0. The Balaban J connectivity index is 1.67. The Morgan fingerprint density at radius 3 is 2.57 bits per heavy atom. The van der Waals surface area contributed by atoms with Gasteiger partial charge in [0, 0.05) is 17.3 Å². The maximum atomic E-state index is 12.9. The van der Waals surface area contributed by atoms with Gasteiger partial charge in [-0.3, -0.25) is 9.78 Å². The number of hydrogen-bond acceptors (Lipinski definition) is 4. The highest BCUT2D eigenvalue weighted by Crippen LogP contribution is 2.28. The number of hydrogen-bond donors (Lipinski definition) is 1. The molecular formula is C17H12FN3OS. The zero-order chi connectivity index (χ0) is 16.1. The fourth-order valence-electron chi connectivity index (χ4n) is 1.90. The van der Waals surface area contributed by atoms with Crippen molar-refractivity contribution in [2.24, 2.45) is 5.10 Å². The van der Waals surface area contributed by atoms with Crippen molar-refractivity contribution in [1.29, 1.82) is 0 Å². The van der Waals surface area contributed by atoms with Crippen molar-refractivity contribution in [2.45, 2.75) is 0 Å². The van der Waals surface area contributed by atoms with Crippen molar-refractivity contribution in [3.63, 3.8) is 0 Å². The number of rotatable bonds is 4. The maximum Gasteiger partial charge on any atom is 0.281 e. The second-order valence-electron chi connectivity index (χ2n) is 4.65. The monoisotopic (exact) mass is 325 g/mol. The lowest BCUT2D eigenvalue weighted by Crippen LogP contribution is -2.16. The topological polar surface area (TPSA) is 54.4 Å². The molecule has 0 radical (unpaired) electrons. The molecule has 0 bridgehead atoms. The lowest BCUT2D eigenvalue weighted by Gasteiger charge is -1.97. The zero-order valence-corrected chi connectivity index (χ0v) is 12.8. The van der Waals surface area contributed by atoms with Gasteiger partial charge in [0.2, 0.25) is 0 Å². The van der Waals surface area contributed by atoms with Crippen LogP contribution in [-0.4, -0.2) is 17.1 Å². The smallest absolute Gasteiger partial charge is 0.266 e. The molecule has 6 heteroatoms. The van der Waals surface area contributed by atoms with Gasteiger partial charge in [-0.15, -0.1) is 11.3 Å². The van der Waals surface area contributed by atoms with E-state index in [2.05, 4.69) is 15.5 Å². The van der Waals surface area contributed by atoms with Gasteiger partial charge in [0.1, 0.15) is 5.82 Å². The van der Waals surface area contributed by atoms with Gasteiger partial charge in [0.25, 0.3) is 5.91 Å². The van der Waals surface area contributed by atoms with E-state index in [0.29, 0.717) is 4.88 Å². The summed E-state index contributed by atoms with van der Waals surface area (Å²) in [6.45, 7) is 0. The standard InChI is InChI=1S/C17H12FN3OS/c18-14-3-1-13(2-4-14)15-5-6-16(23-15)17(22)21-20-11-12-7-9-19-10-8-12/h1-11H,(H,21,22)/b20-11-. The van der Waals surface area contributed by atoms with Crippen molar-refractivity contribution >= 4 is 23.5 Å². The number of carbonyl (C=O) groups excluding carboxylic acids is 1. The Kier molecular flexibility index (Phi) is 4.54. The molecule has 0 unspecified atom stereocenters. The predicted molar refractivity (Wildman–Crippen MR) is 89.0 cm³/mol. The molecule has 0 saturated carbocycles. The zero-order valence-electron chi connectivity index (χ0n) is 11.9. The first kappa shape index (κ1) is 15.1. The van der Waals surface area contributed by atoms with Crippen LogP contribution in [0.15, 0.2) is 66.0 Å². The van der Waals surface area contributed by atoms with Gasteiger partial charge in [-0.2, -0.15) is 5.10 Å². The first-order valence-electron chi connectivity index (χ1n) is 6.81. The first-order chi connectivity index (χ1) is 11.2. The van der Waals surface area contributed by atoms with E-state index in [1.807, 2.05) is 6.07 Å². The Bertz CT molecular complexity index is 829. The predicted octanol–water partition coefficient (Wildman–Crippen LogP) is 3.71. The third-order valence-corrected chi connectivity index (χ3v) is 4.18. The van der Waals surface area contributed by atoms with Crippen molar-refractivity contribution in [3.8, 4) is 10.4 Å². The maximum absolute atomic E-state index is 12.9. The van der Waals surface area contributed by atoms with E-state index in [1.165, 1.54) is 23.5 Å². The van der Waals surface area contributed by atoms with Gasteiger partial charge in [0.15, 0.2) is 0 Å². The van der Waals surface area contributed by atoms with E-state index < -0.39 is 0 Å².